The Balaban J connectivity index is 1.15. The van der Waals surface area contributed by atoms with Crippen molar-refractivity contribution >= 4 is 43.5 Å². The maximum absolute atomic E-state index is 6.63. The highest BCUT2D eigenvalue weighted by atomic mass is 16.3. The highest BCUT2D eigenvalue weighted by molar-refractivity contribution is 6.21. The van der Waals surface area contributed by atoms with Gasteiger partial charge in [0.25, 0.3) is 0 Å². The van der Waals surface area contributed by atoms with E-state index in [4.69, 9.17) is 19.4 Å². The SMILES string of the molecule is c1ccc(-c2nc(-c3ccc(-c4cccc5ccccc45)cc3)nc(-c3ccc4oc5c6ccccc6cc(-c6ccccc6)c5c4c3)n2)cc1. The van der Waals surface area contributed by atoms with Crippen LogP contribution in [0.4, 0.5) is 0 Å². The van der Waals surface area contributed by atoms with Crippen molar-refractivity contribution in [2.24, 2.45) is 0 Å². The van der Waals surface area contributed by atoms with Crippen molar-refractivity contribution in [3.05, 3.63) is 176 Å². The summed E-state index contributed by atoms with van der Waals surface area (Å²) in [7, 11) is 0. The average molecular weight is 652 g/mol. The summed E-state index contributed by atoms with van der Waals surface area (Å²) in [6, 6.07) is 61.0. The minimum Gasteiger partial charge on any atom is -0.455 e. The van der Waals surface area contributed by atoms with Gasteiger partial charge in [0, 0.05) is 32.8 Å². The molecule has 0 spiro atoms. The van der Waals surface area contributed by atoms with Gasteiger partial charge < -0.3 is 4.42 Å². The zero-order chi connectivity index (χ0) is 33.7. The smallest absolute Gasteiger partial charge is 0.164 e. The standard InChI is InChI=1S/C47H29N3O/c1-3-12-31(13-4-1)40-28-35-17-8-10-20-39(35)44-43(40)41-29-36(26-27-42(41)51-44)47-49-45(33-15-5-2-6-16-33)48-46(50-47)34-24-22-32(23-25-34)38-21-11-18-30-14-7-9-19-37(30)38/h1-29H. The largest absolute Gasteiger partial charge is 0.455 e. The number of aromatic nitrogens is 3. The van der Waals surface area contributed by atoms with Gasteiger partial charge in [-0.1, -0.05) is 152 Å². The highest BCUT2D eigenvalue weighted by Crippen LogP contribution is 2.42. The van der Waals surface area contributed by atoms with E-state index in [1.807, 2.05) is 48.5 Å². The van der Waals surface area contributed by atoms with Gasteiger partial charge in [-0.05, 0) is 62.7 Å². The van der Waals surface area contributed by atoms with Gasteiger partial charge in [-0.3, -0.25) is 0 Å². The molecule has 238 valence electrons. The van der Waals surface area contributed by atoms with Gasteiger partial charge in [-0.15, -0.1) is 0 Å². The second-order valence-corrected chi connectivity index (χ2v) is 12.8. The Labute approximate surface area is 294 Å². The summed E-state index contributed by atoms with van der Waals surface area (Å²) < 4.78 is 6.63. The van der Waals surface area contributed by atoms with Gasteiger partial charge in [0.1, 0.15) is 11.2 Å². The van der Waals surface area contributed by atoms with Gasteiger partial charge in [0.2, 0.25) is 0 Å². The second kappa shape index (κ2) is 11.9. The van der Waals surface area contributed by atoms with E-state index in [9.17, 15) is 0 Å². The van der Waals surface area contributed by atoms with Crippen molar-refractivity contribution in [2.75, 3.05) is 0 Å². The van der Waals surface area contributed by atoms with Gasteiger partial charge in [-0.2, -0.15) is 0 Å². The summed E-state index contributed by atoms with van der Waals surface area (Å²) in [5, 5.41) is 6.79. The molecule has 0 radical (unpaired) electrons. The third-order valence-electron chi connectivity index (χ3n) is 9.72. The van der Waals surface area contributed by atoms with Gasteiger partial charge in [0.05, 0.1) is 0 Å². The van der Waals surface area contributed by atoms with Crippen LogP contribution in [0.15, 0.2) is 180 Å². The average Bonchev–Trinajstić information content (AvgIpc) is 3.60. The quantitative estimate of drug-likeness (QED) is 0.186. The third kappa shape index (κ3) is 5.04. The van der Waals surface area contributed by atoms with Crippen molar-refractivity contribution in [1.29, 1.82) is 0 Å². The fourth-order valence-electron chi connectivity index (χ4n) is 7.22. The molecule has 4 nitrogen and oxygen atoms in total. The van der Waals surface area contributed by atoms with Crippen LogP contribution in [0.5, 0.6) is 0 Å². The van der Waals surface area contributed by atoms with Crippen LogP contribution < -0.4 is 0 Å². The molecule has 10 rings (SSSR count). The lowest BCUT2D eigenvalue weighted by Gasteiger charge is -2.10. The number of rotatable bonds is 5. The molecule has 10 aromatic rings. The van der Waals surface area contributed by atoms with Crippen molar-refractivity contribution in [3.63, 3.8) is 0 Å². The van der Waals surface area contributed by atoms with E-state index in [1.165, 1.54) is 16.3 Å². The Bertz CT molecular complexity index is 2890. The van der Waals surface area contributed by atoms with E-state index < -0.39 is 0 Å². The Hall–Kier alpha value is -6.91. The van der Waals surface area contributed by atoms with Crippen LogP contribution in [-0.2, 0) is 0 Å². The lowest BCUT2D eigenvalue weighted by atomic mass is 9.95. The van der Waals surface area contributed by atoms with Gasteiger partial charge >= 0.3 is 0 Å². The summed E-state index contributed by atoms with van der Waals surface area (Å²) in [5.41, 5.74) is 9.07. The zero-order valence-corrected chi connectivity index (χ0v) is 27.5. The molecule has 0 atom stereocenters. The Morgan fingerprint density at radius 2 is 0.863 bits per heavy atom. The molecular formula is C47H29N3O. The second-order valence-electron chi connectivity index (χ2n) is 12.8. The molecule has 2 aromatic heterocycles. The molecule has 8 aromatic carbocycles. The normalized spacial score (nSPS) is 11.5. The molecule has 51 heavy (non-hydrogen) atoms. The summed E-state index contributed by atoms with van der Waals surface area (Å²) >= 11 is 0. The third-order valence-corrected chi connectivity index (χ3v) is 9.72. The lowest BCUT2D eigenvalue weighted by Crippen LogP contribution is -2.00. The zero-order valence-electron chi connectivity index (χ0n) is 27.5. The van der Waals surface area contributed by atoms with Crippen LogP contribution in [0.2, 0.25) is 0 Å². The molecule has 0 aliphatic rings. The number of nitrogens with zero attached hydrogens (tertiary/aromatic N) is 3. The number of furan rings is 1. The Morgan fingerprint density at radius 3 is 1.61 bits per heavy atom. The molecule has 0 saturated carbocycles. The number of benzene rings is 8. The monoisotopic (exact) mass is 651 g/mol. The minimum atomic E-state index is 0.607. The van der Waals surface area contributed by atoms with Crippen molar-refractivity contribution in [3.8, 4) is 56.4 Å². The maximum Gasteiger partial charge on any atom is 0.164 e. The lowest BCUT2D eigenvalue weighted by molar-refractivity contribution is 0.673. The minimum absolute atomic E-state index is 0.607. The van der Waals surface area contributed by atoms with Crippen LogP contribution in [0.1, 0.15) is 0 Å². The first-order valence-corrected chi connectivity index (χ1v) is 17.1. The van der Waals surface area contributed by atoms with E-state index in [2.05, 4.69) is 127 Å². The summed E-state index contributed by atoms with van der Waals surface area (Å²) in [4.78, 5) is 15.1. The van der Waals surface area contributed by atoms with Crippen LogP contribution in [-0.4, -0.2) is 15.0 Å². The number of hydrogen-bond acceptors (Lipinski definition) is 4. The number of fused-ring (bicyclic) bond motifs is 6. The van der Waals surface area contributed by atoms with E-state index >= 15 is 0 Å². The summed E-state index contributed by atoms with van der Waals surface area (Å²) in [5.74, 6) is 1.86. The molecule has 0 amide bonds. The molecule has 0 aliphatic heterocycles. The van der Waals surface area contributed by atoms with Crippen molar-refractivity contribution < 1.29 is 4.42 Å². The fraction of sp³-hybridized carbons (Fsp3) is 0. The van der Waals surface area contributed by atoms with Crippen LogP contribution in [0.25, 0.3) is 99.9 Å². The summed E-state index contributed by atoms with van der Waals surface area (Å²) in [6.45, 7) is 0. The predicted molar refractivity (Wildman–Crippen MR) is 209 cm³/mol. The highest BCUT2D eigenvalue weighted by Gasteiger charge is 2.19. The van der Waals surface area contributed by atoms with Crippen LogP contribution in [0.3, 0.4) is 0 Å². The van der Waals surface area contributed by atoms with Crippen LogP contribution in [0, 0.1) is 0 Å². The molecule has 0 aliphatic carbocycles. The molecule has 0 N–H and O–H groups in total. The van der Waals surface area contributed by atoms with E-state index in [0.29, 0.717) is 17.5 Å². The van der Waals surface area contributed by atoms with Gasteiger partial charge in [-0.25, -0.2) is 15.0 Å². The van der Waals surface area contributed by atoms with Crippen molar-refractivity contribution in [1.82, 2.24) is 15.0 Å². The Morgan fingerprint density at radius 1 is 0.333 bits per heavy atom. The predicted octanol–water partition coefficient (Wildman–Crippen LogP) is 12.4. The van der Waals surface area contributed by atoms with Crippen LogP contribution >= 0.6 is 0 Å². The maximum atomic E-state index is 6.63. The summed E-state index contributed by atoms with van der Waals surface area (Å²) in [6.07, 6.45) is 0. The molecule has 0 unspecified atom stereocenters. The molecule has 0 bridgehead atoms. The first-order valence-electron chi connectivity index (χ1n) is 17.1. The molecular weight excluding hydrogens is 623 g/mol. The molecule has 4 heteroatoms. The first-order chi connectivity index (χ1) is 25.3. The molecule has 0 fully saturated rings. The topological polar surface area (TPSA) is 51.8 Å². The van der Waals surface area contributed by atoms with E-state index in [0.717, 1.165) is 66.1 Å². The number of hydrogen-bond donors (Lipinski definition) is 0. The van der Waals surface area contributed by atoms with E-state index in [1.54, 1.807) is 0 Å². The van der Waals surface area contributed by atoms with E-state index in [-0.39, 0.29) is 0 Å². The molecule has 0 saturated heterocycles. The van der Waals surface area contributed by atoms with Gasteiger partial charge in [0.15, 0.2) is 17.5 Å². The Kier molecular flexibility index (Phi) is 6.78. The fourth-order valence-corrected chi connectivity index (χ4v) is 7.22. The van der Waals surface area contributed by atoms with Crippen molar-refractivity contribution in [2.45, 2.75) is 0 Å². The molecule has 2 heterocycles. The first kappa shape index (κ1) is 29.0.